The number of hydrogen-bond acceptors (Lipinski definition) is 4. The lowest BCUT2D eigenvalue weighted by atomic mass is 10.1. The van der Waals surface area contributed by atoms with Gasteiger partial charge in [0.25, 0.3) is 0 Å². The van der Waals surface area contributed by atoms with Crippen molar-refractivity contribution in [3.8, 4) is 0 Å². The molecule has 0 aliphatic carbocycles. The maximum absolute atomic E-state index is 11.4. The van der Waals surface area contributed by atoms with Crippen molar-refractivity contribution in [1.82, 2.24) is 5.32 Å². The number of carboxylic acid groups (broad SMARTS) is 1. The molecule has 0 saturated heterocycles. The lowest BCUT2D eigenvalue weighted by molar-refractivity contribution is -0.137. The topological polar surface area (TPSA) is 106 Å². The average molecular weight is 226 g/mol. The first kappa shape index (κ1) is 12.3. The number of aliphatic carboxylic acids is 1. The second-order valence-electron chi connectivity index (χ2n) is 3.39. The minimum absolute atomic E-state index is 0.111. The summed E-state index contributed by atoms with van der Waals surface area (Å²) in [6, 6.07) is 0.936. The Balaban J connectivity index is 2.26. The molecule has 6 nitrogen and oxygen atoms in total. The van der Waals surface area contributed by atoms with Gasteiger partial charge >= 0.3 is 5.97 Å². The largest absolute Gasteiger partial charge is 0.481 e. The summed E-state index contributed by atoms with van der Waals surface area (Å²) in [4.78, 5) is 21.7. The molecule has 1 aromatic heterocycles. The monoisotopic (exact) mass is 226 g/mol. The van der Waals surface area contributed by atoms with Crippen LogP contribution >= 0.6 is 0 Å². The zero-order chi connectivity index (χ0) is 12.0. The van der Waals surface area contributed by atoms with Crippen LogP contribution in [0.5, 0.6) is 0 Å². The highest BCUT2D eigenvalue weighted by Crippen LogP contribution is 2.00. The van der Waals surface area contributed by atoms with E-state index in [0.29, 0.717) is 6.54 Å². The number of rotatable bonds is 6. The SMILES string of the molecule is NC(CCC(=O)O)C(=O)NCc1ccoc1. The quantitative estimate of drug-likeness (QED) is 0.637. The molecule has 88 valence electrons. The van der Waals surface area contributed by atoms with E-state index in [1.807, 2.05) is 0 Å². The Morgan fingerprint density at radius 2 is 2.31 bits per heavy atom. The van der Waals surface area contributed by atoms with Crippen LogP contribution < -0.4 is 11.1 Å². The van der Waals surface area contributed by atoms with Crippen LogP contribution in [0.25, 0.3) is 0 Å². The van der Waals surface area contributed by atoms with Crippen LogP contribution in [0.4, 0.5) is 0 Å². The number of nitrogens with two attached hydrogens (primary N) is 1. The van der Waals surface area contributed by atoms with Gasteiger partial charge in [-0.25, -0.2) is 0 Å². The Morgan fingerprint density at radius 1 is 1.56 bits per heavy atom. The first-order chi connectivity index (χ1) is 7.59. The Kier molecular flexibility index (Phi) is 4.53. The van der Waals surface area contributed by atoms with Gasteiger partial charge in [0, 0.05) is 18.5 Å². The highest BCUT2D eigenvalue weighted by Gasteiger charge is 2.14. The summed E-state index contributed by atoms with van der Waals surface area (Å²) in [5, 5.41) is 11.0. The summed E-state index contributed by atoms with van der Waals surface area (Å²) in [5.41, 5.74) is 6.34. The molecular formula is C10H14N2O4. The van der Waals surface area contributed by atoms with Gasteiger partial charge in [0.1, 0.15) is 0 Å². The first-order valence-electron chi connectivity index (χ1n) is 4.85. The van der Waals surface area contributed by atoms with Crippen LogP contribution in [0.1, 0.15) is 18.4 Å². The van der Waals surface area contributed by atoms with E-state index in [1.165, 1.54) is 12.5 Å². The molecule has 1 aromatic rings. The van der Waals surface area contributed by atoms with E-state index in [1.54, 1.807) is 6.07 Å². The number of amides is 1. The van der Waals surface area contributed by atoms with Gasteiger partial charge in [0.05, 0.1) is 18.6 Å². The fourth-order valence-corrected chi connectivity index (χ4v) is 1.12. The first-order valence-corrected chi connectivity index (χ1v) is 4.85. The lowest BCUT2D eigenvalue weighted by Crippen LogP contribution is -2.40. The van der Waals surface area contributed by atoms with Gasteiger partial charge in [-0.3, -0.25) is 9.59 Å². The normalized spacial score (nSPS) is 12.1. The van der Waals surface area contributed by atoms with E-state index in [9.17, 15) is 9.59 Å². The molecule has 0 bridgehead atoms. The molecule has 1 rings (SSSR count). The third kappa shape index (κ3) is 4.14. The van der Waals surface area contributed by atoms with Crippen molar-refractivity contribution >= 4 is 11.9 Å². The number of carboxylic acids is 1. The van der Waals surface area contributed by atoms with Gasteiger partial charge in [-0.15, -0.1) is 0 Å². The average Bonchev–Trinajstić information content (AvgIpc) is 2.75. The zero-order valence-corrected chi connectivity index (χ0v) is 8.68. The van der Waals surface area contributed by atoms with Crippen molar-refractivity contribution in [3.05, 3.63) is 24.2 Å². The minimum Gasteiger partial charge on any atom is -0.481 e. The molecule has 0 saturated carbocycles. The minimum atomic E-state index is -0.960. The fourth-order valence-electron chi connectivity index (χ4n) is 1.12. The summed E-state index contributed by atoms with van der Waals surface area (Å²) in [6.45, 7) is 0.329. The second kappa shape index (κ2) is 5.92. The van der Waals surface area contributed by atoms with Crippen LogP contribution in [-0.2, 0) is 16.1 Å². The molecule has 16 heavy (non-hydrogen) atoms. The van der Waals surface area contributed by atoms with E-state index in [4.69, 9.17) is 15.3 Å². The summed E-state index contributed by atoms with van der Waals surface area (Å²) in [7, 11) is 0. The zero-order valence-electron chi connectivity index (χ0n) is 8.68. The third-order valence-corrected chi connectivity index (χ3v) is 2.05. The highest BCUT2D eigenvalue weighted by atomic mass is 16.4. The Hall–Kier alpha value is -1.82. The molecule has 1 amide bonds. The number of carbonyl (C=O) groups is 2. The Bertz CT molecular complexity index is 348. The number of carbonyl (C=O) groups excluding carboxylic acids is 1. The van der Waals surface area contributed by atoms with Crippen LogP contribution in [0.2, 0.25) is 0 Å². The molecule has 0 aliphatic heterocycles. The highest BCUT2D eigenvalue weighted by molar-refractivity contribution is 5.82. The number of nitrogens with one attached hydrogen (secondary N) is 1. The van der Waals surface area contributed by atoms with Crippen molar-refractivity contribution in [2.75, 3.05) is 0 Å². The molecule has 0 aliphatic rings. The molecule has 6 heteroatoms. The van der Waals surface area contributed by atoms with E-state index in [-0.39, 0.29) is 18.7 Å². The smallest absolute Gasteiger partial charge is 0.303 e. The molecule has 4 N–H and O–H groups in total. The maximum atomic E-state index is 11.4. The Labute approximate surface area is 92.4 Å². The van der Waals surface area contributed by atoms with E-state index in [0.717, 1.165) is 5.56 Å². The number of furan rings is 1. The maximum Gasteiger partial charge on any atom is 0.303 e. The molecule has 0 radical (unpaired) electrons. The standard InChI is InChI=1S/C10H14N2O4/c11-8(1-2-9(13)14)10(15)12-5-7-3-4-16-6-7/h3-4,6,8H,1-2,5,11H2,(H,12,15)(H,13,14). The third-order valence-electron chi connectivity index (χ3n) is 2.05. The van der Waals surface area contributed by atoms with Crippen LogP contribution in [0, 0.1) is 0 Å². The lowest BCUT2D eigenvalue weighted by Gasteiger charge is -2.10. The van der Waals surface area contributed by atoms with Gasteiger partial charge in [0.2, 0.25) is 5.91 Å². The van der Waals surface area contributed by atoms with Gasteiger partial charge < -0.3 is 20.6 Å². The summed E-state index contributed by atoms with van der Waals surface area (Å²) in [5.74, 6) is -1.32. The predicted molar refractivity (Wildman–Crippen MR) is 55.4 cm³/mol. The van der Waals surface area contributed by atoms with E-state index < -0.39 is 12.0 Å². The predicted octanol–water partition coefficient (Wildman–Crippen LogP) is 0.0879. The van der Waals surface area contributed by atoms with E-state index in [2.05, 4.69) is 5.32 Å². The van der Waals surface area contributed by atoms with E-state index >= 15 is 0 Å². The van der Waals surface area contributed by atoms with Crippen molar-refractivity contribution in [1.29, 1.82) is 0 Å². The van der Waals surface area contributed by atoms with Crippen LogP contribution in [0.15, 0.2) is 23.0 Å². The van der Waals surface area contributed by atoms with Crippen molar-refractivity contribution in [2.24, 2.45) is 5.73 Å². The number of hydrogen-bond donors (Lipinski definition) is 3. The van der Waals surface area contributed by atoms with Crippen molar-refractivity contribution in [2.45, 2.75) is 25.4 Å². The molecule has 1 unspecified atom stereocenters. The molecule has 0 fully saturated rings. The molecule has 0 aromatic carbocycles. The molecule has 1 atom stereocenters. The van der Waals surface area contributed by atoms with Gasteiger partial charge in [0.15, 0.2) is 0 Å². The van der Waals surface area contributed by atoms with Gasteiger partial charge in [-0.1, -0.05) is 0 Å². The fraction of sp³-hybridized carbons (Fsp3) is 0.400. The van der Waals surface area contributed by atoms with Crippen molar-refractivity contribution in [3.63, 3.8) is 0 Å². The summed E-state index contributed by atoms with van der Waals surface area (Å²) < 4.78 is 4.83. The summed E-state index contributed by atoms with van der Waals surface area (Å²) >= 11 is 0. The van der Waals surface area contributed by atoms with Gasteiger partial charge in [-0.2, -0.15) is 0 Å². The van der Waals surface area contributed by atoms with Gasteiger partial charge in [-0.05, 0) is 12.5 Å². The molecule has 1 heterocycles. The molecular weight excluding hydrogens is 212 g/mol. The van der Waals surface area contributed by atoms with Crippen molar-refractivity contribution < 1.29 is 19.1 Å². The second-order valence-corrected chi connectivity index (χ2v) is 3.39. The van der Waals surface area contributed by atoms with Crippen LogP contribution in [0.3, 0.4) is 0 Å². The van der Waals surface area contributed by atoms with Crippen LogP contribution in [-0.4, -0.2) is 23.0 Å². The molecule has 0 spiro atoms. The summed E-state index contributed by atoms with van der Waals surface area (Å²) in [6.07, 6.45) is 3.04. The Morgan fingerprint density at radius 3 is 2.88 bits per heavy atom.